The van der Waals surface area contributed by atoms with Crippen LogP contribution in [0.1, 0.15) is 10.4 Å². The molecule has 84 valence electrons. The highest BCUT2D eigenvalue weighted by Crippen LogP contribution is 2.00. The fourth-order valence-corrected chi connectivity index (χ4v) is 0.993. The molecule has 0 radical (unpaired) electrons. The standard InChI is InChI=1S/C12H12O4/c1-2-11(13)15-8-9-16-12(14)10-6-4-3-5-7-10/h2-7H,1,8-9H2. The number of carbonyl (C=O) groups is 2. The maximum atomic E-state index is 11.4. The molecule has 0 amide bonds. The molecule has 1 aromatic rings. The molecule has 0 saturated carbocycles. The van der Waals surface area contributed by atoms with Crippen LogP contribution in [0.2, 0.25) is 0 Å². The molecule has 0 aliphatic rings. The normalized spacial score (nSPS) is 9.25. The minimum Gasteiger partial charge on any atom is -0.459 e. The molecule has 16 heavy (non-hydrogen) atoms. The molecular weight excluding hydrogens is 208 g/mol. The lowest BCUT2D eigenvalue weighted by atomic mass is 10.2. The van der Waals surface area contributed by atoms with Gasteiger partial charge in [-0.15, -0.1) is 0 Å². The largest absolute Gasteiger partial charge is 0.459 e. The fraction of sp³-hybridized carbons (Fsp3) is 0.167. The Hall–Kier alpha value is -2.10. The van der Waals surface area contributed by atoms with Gasteiger partial charge in [0.1, 0.15) is 13.2 Å². The second-order valence-corrected chi connectivity index (χ2v) is 2.87. The lowest BCUT2D eigenvalue weighted by Gasteiger charge is -2.04. The van der Waals surface area contributed by atoms with Crippen LogP contribution in [-0.2, 0) is 14.3 Å². The van der Waals surface area contributed by atoms with Crippen molar-refractivity contribution in [2.45, 2.75) is 0 Å². The summed E-state index contributed by atoms with van der Waals surface area (Å²) in [4.78, 5) is 22.0. The van der Waals surface area contributed by atoms with Gasteiger partial charge in [-0.1, -0.05) is 24.8 Å². The highest BCUT2D eigenvalue weighted by Gasteiger charge is 2.05. The summed E-state index contributed by atoms with van der Waals surface area (Å²) in [6, 6.07) is 8.60. The summed E-state index contributed by atoms with van der Waals surface area (Å²) >= 11 is 0. The molecule has 0 spiro atoms. The summed E-state index contributed by atoms with van der Waals surface area (Å²) in [6.07, 6.45) is 1.05. The average Bonchev–Trinajstić information content (AvgIpc) is 2.35. The van der Waals surface area contributed by atoms with E-state index in [1.54, 1.807) is 24.3 Å². The van der Waals surface area contributed by atoms with E-state index in [1.165, 1.54) is 0 Å². The van der Waals surface area contributed by atoms with Crippen LogP contribution >= 0.6 is 0 Å². The van der Waals surface area contributed by atoms with E-state index in [0.717, 1.165) is 6.08 Å². The molecule has 4 nitrogen and oxygen atoms in total. The number of rotatable bonds is 5. The second-order valence-electron chi connectivity index (χ2n) is 2.87. The molecule has 0 aliphatic carbocycles. The highest BCUT2D eigenvalue weighted by atomic mass is 16.6. The Kier molecular flexibility index (Phi) is 4.79. The maximum absolute atomic E-state index is 11.4. The second kappa shape index (κ2) is 6.40. The third-order valence-corrected chi connectivity index (χ3v) is 1.74. The monoisotopic (exact) mass is 220 g/mol. The molecule has 0 heterocycles. The van der Waals surface area contributed by atoms with Crippen LogP contribution < -0.4 is 0 Å². The van der Waals surface area contributed by atoms with Gasteiger partial charge in [0, 0.05) is 6.08 Å². The number of esters is 2. The van der Waals surface area contributed by atoms with Crippen molar-refractivity contribution in [1.29, 1.82) is 0 Å². The highest BCUT2D eigenvalue weighted by molar-refractivity contribution is 5.89. The summed E-state index contributed by atoms with van der Waals surface area (Å²) in [6.45, 7) is 3.31. The van der Waals surface area contributed by atoms with Gasteiger partial charge < -0.3 is 9.47 Å². The summed E-state index contributed by atoms with van der Waals surface area (Å²) < 4.78 is 9.52. The van der Waals surface area contributed by atoms with Gasteiger partial charge in [-0.05, 0) is 12.1 Å². The molecule has 0 aromatic heterocycles. The minimum atomic E-state index is -0.532. The molecule has 0 N–H and O–H groups in total. The number of hydrogen-bond acceptors (Lipinski definition) is 4. The van der Waals surface area contributed by atoms with Crippen molar-refractivity contribution in [1.82, 2.24) is 0 Å². The summed E-state index contributed by atoms with van der Waals surface area (Å²) in [7, 11) is 0. The first-order chi connectivity index (χ1) is 7.74. The number of benzene rings is 1. The molecule has 0 saturated heterocycles. The van der Waals surface area contributed by atoms with Crippen LogP contribution in [0.15, 0.2) is 43.0 Å². The molecule has 4 heteroatoms. The molecule has 0 bridgehead atoms. The van der Waals surface area contributed by atoms with Crippen LogP contribution in [0.25, 0.3) is 0 Å². The zero-order valence-corrected chi connectivity index (χ0v) is 8.72. The van der Waals surface area contributed by atoms with E-state index in [0.29, 0.717) is 5.56 Å². The Labute approximate surface area is 93.5 Å². The third-order valence-electron chi connectivity index (χ3n) is 1.74. The van der Waals surface area contributed by atoms with E-state index in [9.17, 15) is 9.59 Å². The summed E-state index contributed by atoms with van der Waals surface area (Å²) in [5.41, 5.74) is 0.470. The summed E-state index contributed by atoms with van der Waals surface area (Å²) in [5, 5.41) is 0. The van der Waals surface area contributed by atoms with Gasteiger partial charge in [-0.25, -0.2) is 9.59 Å². The van der Waals surface area contributed by atoms with E-state index >= 15 is 0 Å². The molecule has 0 fully saturated rings. The van der Waals surface area contributed by atoms with Gasteiger partial charge in [0.2, 0.25) is 0 Å². The van der Waals surface area contributed by atoms with Crippen molar-refractivity contribution >= 4 is 11.9 Å². The molecule has 0 unspecified atom stereocenters. The van der Waals surface area contributed by atoms with Crippen molar-refractivity contribution in [2.24, 2.45) is 0 Å². The van der Waals surface area contributed by atoms with Crippen molar-refractivity contribution in [3.8, 4) is 0 Å². The SMILES string of the molecule is C=CC(=O)OCCOC(=O)c1ccccc1. The van der Waals surface area contributed by atoms with Gasteiger partial charge >= 0.3 is 11.9 Å². The van der Waals surface area contributed by atoms with E-state index in [2.05, 4.69) is 11.3 Å². The minimum absolute atomic E-state index is 0.0312. The lowest BCUT2D eigenvalue weighted by Crippen LogP contribution is -2.12. The first kappa shape index (κ1) is 12.0. The lowest BCUT2D eigenvalue weighted by molar-refractivity contribution is -0.138. The first-order valence-corrected chi connectivity index (χ1v) is 4.75. The van der Waals surface area contributed by atoms with Crippen molar-refractivity contribution in [2.75, 3.05) is 13.2 Å². The van der Waals surface area contributed by atoms with Crippen molar-refractivity contribution in [3.63, 3.8) is 0 Å². The van der Waals surface area contributed by atoms with Crippen LogP contribution in [0.4, 0.5) is 0 Å². The van der Waals surface area contributed by atoms with Crippen LogP contribution in [0.5, 0.6) is 0 Å². The fourth-order valence-electron chi connectivity index (χ4n) is 0.993. The van der Waals surface area contributed by atoms with Gasteiger partial charge in [-0.3, -0.25) is 0 Å². The van der Waals surface area contributed by atoms with Crippen LogP contribution in [-0.4, -0.2) is 25.2 Å². The maximum Gasteiger partial charge on any atom is 0.338 e. The van der Waals surface area contributed by atoms with Crippen molar-refractivity contribution in [3.05, 3.63) is 48.6 Å². The zero-order valence-electron chi connectivity index (χ0n) is 8.72. The number of ether oxygens (including phenoxy) is 2. The van der Waals surface area contributed by atoms with E-state index in [-0.39, 0.29) is 13.2 Å². The van der Waals surface area contributed by atoms with Crippen LogP contribution in [0, 0.1) is 0 Å². The van der Waals surface area contributed by atoms with Crippen LogP contribution in [0.3, 0.4) is 0 Å². The van der Waals surface area contributed by atoms with Gasteiger partial charge in [0.05, 0.1) is 5.56 Å². The molecule has 1 aromatic carbocycles. The Morgan fingerprint density at radius 1 is 1.12 bits per heavy atom. The number of hydrogen-bond donors (Lipinski definition) is 0. The Morgan fingerprint density at radius 3 is 2.38 bits per heavy atom. The zero-order chi connectivity index (χ0) is 11.8. The van der Waals surface area contributed by atoms with Gasteiger partial charge in [0.15, 0.2) is 0 Å². The predicted molar refractivity (Wildman–Crippen MR) is 57.9 cm³/mol. The Bertz CT molecular complexity index is 370. The van der Waals surface area contributed by atoms with Gasteiger partial charge in [0.25, 0.3) is 0 Å². The van der Waals surface area contributed by atoms with E-state index < -0.39 is 11.9 Å². The molecular formula is C12H12O4. The smallest absolute Gasteiger partial charge is 0.338 e. The first-order valence-electron chi connectivity index (χ1n) is 4.75. The summed E-state index contributed by atoms with van der Waals surface area (Å²) in [5.74, 6) is -0.967. The molecule has 0 aliphatic heterocycles. The predicted octanol–water partition coefficient (Wildman–Crippen LogP) is 1.57. The molecule has 1 rings (SSSR count). The van der Waals surface area contributed by atoms with Gasteiger partial charge in [-0.2, -0.15) is 0 Å². The Balaban J connectivity index is 2.26. The number of carbonyl (C=O) groups excluding carboxylic acids is 2. The van der Waals surface area contributed by atoms with E-state index in [4.69, 9.17) is 4.74 Å². The van der Waals surface area contributed by atoms with E-state index in [1.807, 2.05) is 6.07 Å². The van der Waals surface area contributed by atoms with Crippen molar-refractivity contribution < 1.29 is 19.1 Å². The quantitative estimate of drug-likeness (QED) is 0.429. The average molecular weight is 220 g/mol. The molecule has 0 atom stereocenters. The topological polar surface area (TPSA) is 52.6 Å². The third kappa shape index (κ3) is 3.96. The Morgan fingerprint density at radius 2 is 1.75 bits per heavy atom.